The van der Waals surface area contributed by atoms with Crippen molar-refractivity contribution in [2.45, 2.75) is 46.1 Å². The van der Waals surface area contributed by atoms with Crippen LogP contribution in [0.25, 0.3) is 0 Å². The summed E-state index contributed by atoms with van der Waals surface area (Å²) >= 11 is 0. The number of hydrogen-bond acceptors (Lipinski definition) is 3. The minimum atomic E-state index is -0.447. The molecule has 0 amide bonds. The molecule has 1 rings (SSSR count). The molecular formula is C17H29NO2. The van der Waals surface area contributed by atoms with E-state index < -0.39 is 6.10 Å². The molecule has 0 saturated carbocycles. The van der Waals surface area contributed by atoms with Crippen molar-refractivity contribution in [1.29, 1.82) is 0 Å². The summed E-state index contributed by atoms with van der Waals surface area (Å²) in [5, 5.41) is 9.96. The summed E-state index contributed by atoms with van der Waals surface area (Å²) in [6.07, 6.45) is -0.447. The zero-order chi connectivity index (χ0) is 15.2. The average Bonchev–Trinajstić information content (AvgIpc) is 2.42. The van der Waals surface area contributed by atoms with Crippen LogP contribution in [-0.4, -0.2) is 42.4 Å². The Kier molecular flexibility index (Phi) is 6.50. The number of aliphatic hydroxyl groups excluding tert-OH is 1. The van der Waals surface area contributed by atoms with E-state index in [-0.39, 0.29) is 5.41 Å². The van der Waals surface area contributed by atoms with E-state index in [1.165, 1.54) is 5.56 Å². The number of benzene rings is 1. The highest BCUT2D eigenvalue weighted by molar-refractivity contribution is 5.31. The molecule has 0 bridgehead atoms. The van der Waals surface area contributed by atoms with E-state index in [2.05, 4.69) is 51.7 Å². The molecule has 0 aliphatic rings. The van der Waals surface area contributed by atoms with E-state index in [4.69, 9.17) is 4.74 Å². The molecule has 1 atom stereocenters. The van der Waals surface area contributed by atoms with E-state index in [0.717, 1.165) is 18.8 Å². The van der Waals surface area contributed by atoms with E-state index in [0.29, 0.717) is 13.2 Å². The summed E-state index contributed by atoms with van der Waals surface area (Å²) in [7, 11) is 0. The summed E-state index contributed by atoms with van der Waals surface area (Å²) in [5.41, 5.74) is 1.44. The fourth-order valence-electron chi connectivity index (χ4n) is 2.08. The molecule has 3 heteroatoms. The van der Waals surface area contributed by atoms with Crippen LogP contribution in [0.2, 0.25) is 0 Å². The summed E-state index contributed by atoms with van der Waals surface area (Å²) < 4.78 is 5.65. The lowest BCUT2D eigenvalue weighted by Gasteiger charge is -2.22. The minimum absolute atomic E-state index is 0.154. The molecule has 0 aliphatic heterocycles. The second-order valence-corrected chi connectivity index (χ2v) is 6.23. The van der Waals surface area contributed by atoms with Gasteiger partial charge in [-0.3, -0.25) is 0 Å². The monoisotopic (exact) mass is 279 g/mol. The number of hydrogen-bond donors (Lipinski definition) is 1. The number of likely N-dealkylation sites (N-methyl/N-ethyl adjacent to an activating group) is 1. The molecule has 114 valence electrons. The molecular weight excluding hydrogens is 250 g/mol. The van der Waals surface area contributed by atoms with Gasteiger partial charge in [0.15, 0.2) is 0 Å². The van der Waals surface area contributed by atoms with Gasteiger partial charge in [0, 0.05) is 6.54 Å². The molecule has 0 radical (unpaired) electrons. The maximum atomic E-state index is 9.96. The molecule has 0 spiro atoms. The summed E-state index contributed by atoms with van der Waals surface area (Å²) in [6.45, 7) is 13.7. The Bertz CT molecular complexity index is 377. The Morgan fingerprint density at radius 2 is 1.65 bits per heavy atom. The van der Waals surface area contributed by atoms with Crippen molar-refractivity contribution in [1.82, 2.24) is 4.90 Å². The Morgan fingerprint density at radius 3 is 2.10 bits per heavy atom. The molecule has 3 nitrogen and oxygen atoms in total. The Morgan fingerprint density at radius 1 is 1.10 bits per heavy atom. The first kappa shape index (κ1) is 17.0. The van der Waals surface area contributed by atoms with Crippen molar-refractivity contribution in [3.05, 3.63) is 29.8 Å². The predicted molar refractivity (Wildman–Crippen MR) is 84.4 cm³/mol. The van der Waals surface area contributed by atoms with Crippen molar-refractivity contribution >= 4 is 0 Å². The Hall–Kier alpha value is -1.06. The summed E-state index contributed by atoms with van der Waals surface area (Å²) in [4.78, 5) is 2.19. The van der Waals surface area contributed by atoms with Crippen molar-refractivity contribution in [2.75, 3.05) is 26.2 Å². The van der Waals surface area contributed by atoms with Crippen LogP contribution in [0.15, 0.2) is 24.3 Å². The van der Waals surface area contributed by atoms with E-state index in [9.17, 15) is 5.11 Å². The van der Waals surface area contributed by atoms with E-state index in [1.54, 1.807) is 0 Å². The zero-order valence-electron chi connectivity index (χ0n) is 13.5. The lowest BCUT2D eigenvalue weighted by atomic mass is 9.87. The Labute approximate surface area is 123 Å². The second kappa shape index (κ2) is 7.65. The molecule has 1 aromatic carbocycles. The van der Waals surface area contributed by atoms with Crippen molar-refractivity contribution in [3.8, 4) is 5.75 Å². The lowest BCUT2D eigenvalue weighted by molar-refractivity contribution is 0.0716. The van der Waals surface area contributed by atoms with Crippen LogP contribution < -0.4 is 4.74 Å². The highest BCUT2D eigenvalue weighted by Gasteiger charge is 2.13. The van der Waals surface area contributed by atoms with Gasteiger partial charge < -0.3 is 14.7 Å². The molecule has 0 fully saturated rings. The van der Waals surface area contributed by atoms with Gasteiger partial charge in [-0.25, -0.2) is 0 Å². The SMILES string of the molecule is CCN(CC)C[C@@H](O)COc1ccc(C(C)(C)C)cc1. The van der Waals surface area contributed by atoms with Crippen molar-refractivity contribution in [2.24, 2.45) is 0 Å². The number of aliphatic hydroxyl groups is 1. The molecule has 0 aromatic heterocycles. The van der Waals surface area contributed by atoms with Gasteiger partial charge in [-0.15, -0.1) is 0 Å². The van der Waals surface area contributed by atoms with E-state index >= 15 is 0 Å². The molecule has 0 aliphatic carbocycles. The van der Waals surface area contributed by atoms with Gasteiger partial charge in [0.25, 0.3) is 0 Å². The van der Waals surface area contributed by atoms with Crippen LogP contribution in [-0.2, 0) is 5.41 Å². The molecule has 20 heavy (non-hydrogen) atoms. The number of rotatable bonds is 7. The smallest absolute Gasteiger partial charge is 0.119 e. The Balaban J connectivity index is 2.46. The topological polar surface area (TPSA) is 32.7 Å². The van der Waals surface area contributed by atoms with Gasteiger partial charge in [0.05, 0.1) is 0 Å². The molecule has 0 unspecified atom stereocenters. The quantitative estimate of drug-likeness (QED) is 0.832. The van der Waals surface area contributed by atoms with Crippen LogP contribution in [0.5, 0.6) is 5.75 Å². The second-order valence-electron chi connectivity index (χ2n) is 6.23. The molecule has 1 aromatic rings. The van der Waals surface area contributed by atoms with Crippen LogP contribution in [0.3, 0.4) is 0 Å². The van der Waals surface area contributed by atoms with Gasteiger partial charge in [0.1, 0.15) is 18.5 Å². The fourth-order valence-corrected chi connectivity index (χ4v) is 2.08. The highest BCUT2D eigenvalue weighted by atomic mass is 16.5. The normalized spacial score (nSPS) is 13.6. The third-order valence-electron chi connectivity index (χ3n) is 3.53. The predicted octanol–water partition coefficient (Wildman–Crippen LogP) is 3.07. The summed E-state index contributed by atoms with van der Waals surface area (Å²) in [6, 6.07) is 8.13. The van der Waals surface area contributed by atoms with Gasteiger partial charge in [-0.2, -0.15) is 0 Å². The maximum Gasteiger partial charge on any atom is 0.119 e. The average molecular weight is 279 g/mol. The van der Waals surface area contributed by atoms with Gasteiger partial charge >= 0.3 is 0 Å². The first-order valence-electron chi connectivity index (χ1n) is 7.50. The van der Waals surface area contributed by atoms with Crippen molar-refractivity contribution in [3.63, 3.8) is 0 Å². The third-order valence-corrected chi connectivity index (χ3v) is 3.53. The van der Waals surface area contributed by atoms with Gasteiger partial charge in [0.2, 0.25) is 0 Å². The van der Waals surface area contributed by atoms with Crippen molar-refractivity contribution < 1.29 is 9.84 Å². The van der Waals surface area contributed by atoms with Crippen LogP contribution in [0.1, 0.15) is 40.2 Å². The highest BCUT2D eigenvalue weighted by Crippen LogP contribution is 2.24. The standard InChI is InChI=1S/C17H29NO2/c1-6-18(7-2)12-15(19)13-20-16-10-8-14(9-11-16)17(3,4)5/h8-11,15,19H,6-7,12-13H2,1-5H3/t15-/m1/s1. The lowest BCUT2D eigenvalue weighted by Crippen LogP contribution is -2.35. The number of nitrogens with zero attached hydrogens (tertiary/aromatic N) is 1. The zero-order valence-corrected chi connectivity index (χ0v) is 13.5. The number of ether oxygens (including phenoxy) is 1. The molecule has 0 saturated heterocycles. The van der Waals surface area contributed by atoms with Crippen LogP contribution in [0, 0.1) is 0 Å². The molecule has 0 heterocycles. The largest absolute Gasteiger partial charge is 0.491 e. The van der Waals surface area contributed by atoms with Crippen LogP contribution in [0.4, 0.5) is 0 Å². The van der Waals surface area contributed by atoms with Crippen LogP contribution >= 0.6 is 0 Å². The van der Waals surface area contributed by atoms with Gasteiger partial charge in [-0.05, 0) is 36.2 Å². The third kappa shape index (κ3) is 5.51. The van der Waals surface area contributed by atoms with Gasteiger partial charge in [-0.1, -0.05) is 46.8 Å². The van der Waals surface area contributed by atoms with E-state index in [1.807, 2.05) is 12.1 Å². The fraction of sp³-hybridized carbons (Fsp3) is 0.647. The first-order valence-corrected chi connectivity index (χ1v) is 7.50. The first-order chi connectivity index (χ1) is 9.36. The molecule has 1 N–H and O–H groups in total. The maximum absolute atomic E-state index is 9.96. The minimum Gasteiger partial charge on any atom is -0.491 e. The summed E-state index contributed by atoms with van der Waals surface area (Å²) in [5.74, 6) is 0.816.